The summed E-state index contributed by atoms with van der Waals surface area (Å²) >= 11 is 8.24. The fraction of sp³-hybridized carbons (Fsp3) is 0.278. The van der Waals surface area contributed by atoms with Crippen LogP contribution in [0.4, 0.5) is 5.13 Å². The molecule has 1 fully saturated rings. The average molecular weight is 469 g/mol. The van der Waals surface area contributed by atoms with Crippen molar-refractivity contribution >= 4 is 55.3 Å². The summed E-state index contributed by atoms with van der Waals surface area (Å²) in [5.41, 5.74) is 1.68. The van der Waals surface area contributed by atoms with Gasteiger partial charge in [-0.25, -0.2) is 13.4 Å². The average Bonchev–Trinajstić information content (AvgIpc) is 3.38. The number of hydrogen-bond acceptors (Lipinski definition) is 7. The van der Waals surface area contributed by atoms with Crippen molar-refractivity contribution in [3.05, 3.63) is 46.4 Å². The number of piperidine rings is 1. The Morgan fingerprint density at radius 3 is 2.76 bits per heavy atom. The lowest BCUT2D eigenvalue weighted by molar-refractivity contribution is -0.120. The van der Waals surface area contributed by atoms with Crippen LogP contribution in [0.1, 0.15) is 12.8 Å². The molecule has 0 aliphatic carbocycles. The van der Waals surface area contributed by atoms with Gasteiger partial charge in [0.1, 0.15) is 4.21 Å². The number of aromatic nitrogens is 2. The van der Waals surface area contributed by atoms with E-state index in [1.54, 1.807) is 18.5 Å². The van der Waals surface area contributed by atoms with Crippen LogP contribution in [-0.2, 0) is 14.8 Å². The summed E-state index contributed by atoms with van der Waals surface area (Å²) < 4.78 is 27.6. The number of thiazole rings is 1. The van der Waals surface area contributed by atoms with Crippen molar-refractivity contribution in [1.82, 2.24) is 14.3 Å². The Hall–Kier alpha value is -1.85. The van der Waals surface area contributed by atoms with Crippen molar-refractivity contribution in [3.63, 3.8) is 0 Å². The van der Waals surface area contributed by atoms with Crippen LogP contribution < -0.4 is 5.32 Å². The van der Waals surface area contributed by atoms with Crippen molar-refractivity contribution < 1.29 is 13.2 Å². The molecule has 1 unspecified atom stereocenters. The van der Waals surface area contributed by atoms with Crippen molar-refractivity contribution in [2.24, 2.45) is 5.92 Å². The Labute approximate surface area is 181 Å². The van der Waals surface area contributed by atoms with Crippen molar-refractivity contribution in [1.29, 1.82) is 0 Å². The van der Waals surface area contributed by atoms with E-state index in [1.807, 2.05) is 17.5 Å². The number of pyridine rings is 1. The van der Waals surface area contributed by atoms with Crippen LogP contribution in [0.2, 0.25) is 4.34 Å². The summed E-state index contributed by atoms with van der Waals surface area (Å²) in [6.45, 7) is 0.539. The van der Waals surface area contributed by atoms with Gasteiger partial charge in [0, 0.05) is 36.4 Å². The number of amides is 1. The highest BCUT2D eigenvalue weighted by Crippen LogP contribution is 2.31. The Kier molecular flexibility index (Phi) is 5.98. The quantitative estimate of drug-likeness (QED) is 0.611. The molecule has 3 aromatic rings. The monoisotopic (exact) mass is 468 g/mol. The third-order valence-corrected chi connectivity index (χ3v) is 8.93. The molecule has 0 spiro atoms. The Morgan fingerprint density at radius 1 is 1.24 bits per heavy atom. The van der Waals surface area contributed by atoms with E-state index in [0.29, 0.717) is 28.9 Å². The molecule has 1 atom stereocenters. The number of nitrogens with one attached hydrogen (secondary N) is 1. The smallest absolute Gasteiger partial charge is 0.252 e. The number of sulfonamides is 1. The van der Waals surface area contributed by atoms with Crippen LogP contribution in [0, 0.1) is 5.92 Å². The van der Waals surface area contributed by atoms with E-state index in [4.69, 9.17) is 11.6 Å². The lowest BCUT2D eigenvalue weighted by atomic mass is 9.99. The molecule has 1 aliphatic rings. The maximum Gasteiger partial charge on any atom is 0.252 e. The molecule has 0 aromatic carbocycles. The van der Waals surface area contributed by atoms with E-state index in [1.165, 1.54) is 21.7 Å². The predicted octanol–water partition coefficient (Wildman–Crippen LogP) is 3.96. The van der Waals surface area contributed by atoms with Gasteiger partial charge < -0.3 is 5.32 Å². The zero-order valence-electron chi connectivity index (χ0n) is 15.1. The number of carbonyl (C=O) groups is 1. The number of nitrogens with zero attached hydrogens (tertiary/aromatic N) is 3. The molecule has 152 valence electrons. The van der Waals surface area contributed by atoms with Gasteiger partial charge >= 0.3 is 0 Å². The number of thiophene rings is 1. The Bertz CT molecular complexity index is 1110. The second-order valence-electron chi connectivity index (χ2n) is 6.52. The van der Waals surface area contributed by atoms with Gasteiger partial charge in [-0.05, 0) is 37.1 Å². The molecule has 1 saturated heterocycles. The van der Waals surface area contributed by atoms with Crippen molar-refractivity contribution in [3.8, 4) is 11.3 Å². The van der Waals surface area contributed by atoms with Gasteiger partial charge in [0.2, 0.25) is 5.91 Å². The predicted molar refractivity (Wildman–Crippen MR) is 115 cm³/mol. The number of anilines is 1. The largest absolute Gasteiger partial charge is 0.302 e. The fourth-order valence-corrected chi connectivity index (χ4v) is 7.02. The Balaban J connectivity index is 1.44. The van der Waals surface area contributed by atoms with Gasteiger partial charge in [-0.1, -0.05) is 11.6 Å². The second kappa shape index (κ2) is 8.49. The molecule has 1 aliphatic heterocycles. The molecular formula is C18H17ClN4O3S3. The number of rotatable bonds is 5. The highest BCUT2D eigenvalue weighted by Gasteiger charge is 2.34. The van der Waals surface area contributed by atoms with Crippen LogP contribution in [-0.4, -0.2) is 41.7 Å². The highest BCUT2D eigenvalue weighted by molar-refractivity contribution is 7.91. The lowest BCUT2D eigenvalue weighted by Gasteiger charge is -2.30. The molecule has 0 saturated carbocycles. The molecule has 0 bridgehead atoms. The zero-order valence-corrected chi connectivity index (χ0v) is 18.3. The van der Waals surface area contributed by atoms with Gasteiger partial charge in [0.25, 0.3) is 10.0 Å². The summed E-state index contributed by atoms with van der Waals surface area (Å²) in [5.74, 6) is -0.646. The summed E-state index contributed by atoms with van der Waals surface area (Å²) in [6.07, 6.45) is 4.62. The molecular weight excluding hydrogens is 452 g/mol. The minimum atomic E-state index is -3.64. The SMILES string of the molecule is O=C(Nc1nc(-c2ccncc2)cs1)C1CCCN(S(=O)(=O)c2ccc(Cl)s2)C1. The van der Waals surface area contributed by atoms with E-state index in [-0.39, 0.29) is 16.7 Å². The van der Waals surface area contributed by atoms with E-state index in [2.05, 4.69) is 15.3 Å². The molecule has 1 amide bonds. The number of carbonyl (C=O) groups excluding carboxylic acids is 1. The van der Waals surface area contributed by atoms with Gasteiger partial charge in [-0.2, -0.15) is 4.31 Å². The summed E-state index contributed by atoms with van der Waals surface area (Å²) in [6, 6.07) is 6.76. The molecule has 29 heavy (non-hydrogen) atoms. The standard InChI is InChI=1S/C18H17ClN4O3S3/c19-15-3-4-16(28-15)29(25,26)23-9-1-2-13(10-23)17(24)22-18-21-14(11-27-18)12-5-7-20-8-6-12/h3-8,11,13H,1-2,9-10H2,(H,21,22,24). The fourth-order valence-electron chi connectivity index (χ4n) is 3.13. The third kappa shape index (κ3) is 4.51. The van der Waals surface area contributed by atoms with Crippen LogP contribution in [0.5, 0.6) is 0 Å². The van der Waals surface area contributed by atoms with Crippen molar-refractivity contribution in [2.75, 3.05) is 18.4 Å². The molecule has 1 N–H and O–H groups in total. The van der Waals surface area contributed by atoms with Crippen LogP contribution >= 0.6 is 34.3 Å². The maximum absolute atomic E-state index is 12.8. The van der Waals surface area contributed by atoms with E-state index in [9.17, 15) is 13.2 Å². The first kappa shape index (κ1) is 20.4. The first-order valence-electron chi connectivity index (χ1n) is 8.86. The van der Waals surface area contributed by atoms with E-state index in [0.717, 1.165) is 22.6 Å². The highest BCUT2D eigenvalue weighted by atomic mass is 35.5. The minimum absolute atomic E-state index is 0.145. The Morgan fingerprint density at radius 2 is 2.03 bits per heavy atom. The first-order chi connectivity index (χ1) is 13.9. The van der Waals surface area contributed by atoms with Gasteiger partial charge in [-0.3, -0.25) is 9.78 Å². The second-order valence-corrected chi connectivity index (χ2v) is 11.3. The first-order valence-corrected chi connectivity index (χ1v) is 12.4. The van der Waals surface area contributed by atoms with Gasteiger partial charge in [-0.15, -0.1) is 22.7 Å². The van der Waals surface area contributed by atoms with Gasteiger partial charge in [0.15, 0.2) is 5.13 Å². The van der Waals surface area contributed by atoms with Crippen molar-refractivity contribution in [2.45, 2.75) is 17.1 Å². The lowest BCUT2D eigenvalue weighted by Crippen LogP contribution is -2.43. The molecule has 4 rings (SSSR count). The zero-order chi connectivity index (χ0) is 20.4. The van der Waals surface area contributed by atoms with Crippen LogP contribution in [0.15, 0.2) is 46.2 Å². The molecule has 11 heteroatoms. The normalized spacial score (nSPS) is 17.9. The minimum Gasteiger partial charge on any atom is -0.302 e. The number of hydrogen-bond donors (Lipinski definition) is 1. The summed E-state index contributed by atoms with van der Waals surface area (Å²) in [4.78, 5) is 21.2. The summed E-state index contributed by atoms with van der Waals surface area (Å²) in [5, 5.41) is 5.19. The molecule has 0 radical (unpaired) electrons. The molecule has 3 aromatic heterocycles. The van der Waals surface area contributed by atoms with E-state index < -0.39 is 15.9 Å². The third-order valence-electron chi connectivity index (χ3n) is 4.61. The van der Waals surface area contributed by atoms with E-state index >= 15 is 0 Å². The van der Waals surface area contributed by atoms with Crippen LogP contribution in [0.3, 0.4) is 0 Å². The molecule has 7 nitrogen and oxygen atoms in total. The summed E-state index contributed by atoms with van der Waals surface area (Å²) in [7, 11) is -3.64. The topological polar surface area (TPSA) is 92.3 Å². The number of halogens is 1. The van der Waals surface area contributed by atoms with Gasteiger partial charge in [0.05, 0.1) is 15.9 Å². The van der Waals surface area contributed by atoms with Crippen LogP contribution in [0.25, 0.3) is 11.3 Å². The molecule has 4 heterocycles. The maximum atomic E-state index is 12.8.